The zero-order valence-electron chi connectivity index (χ0n) is 15.2. The molecule has 6 heteroatoms. The predicted molar refractivity (Wildman–Crippen MR) is 98.2 cm³/mol. The van der Waals surface area contributed by atoms with E-state index in [1.54, 1.807) is 7.11 Å². The van der Waals surface area contributed by atoms with Gasteiger partial charge in [-0.25, -0.2) is 0 Å². The molecule has 0 bridgehead atoms. The second-order valence-corrected chi connectivity index (χ2v) is 6.48. The fourth-order valence-electron chi connectivity index (χ4n) is 3.34. The number of benzene rings is 1. The number of rotatable bonds is 5. The molecule has 134 valence electrons. The molecule has 1 aromatic carbocycles. The number of H-pyrrole nitrogens is 1. The van der Waals surface area contributed by atoms with E-state index < -0.39 is 0 Å². The van der Waals surface area contributed by atoms with Gasteiger partial charge in [-0.3, -0.25) is 9.89 Å². The zero-order valence-corrected chi connectivity index (χ0v) is 15.2. The normalized spacial score (nSPS) is 14.7. The van der Waals surface area contributed by atoms with Crippen molar-refractivity contribution in [2.45, 2.75) is 26.7 Å². The monoisotopic (exact) mass is 342 g/mol. The number of hydrogen-bond acceptors (Lipinski definition) is 4. The highest BCUT2D eigenvalue weighted by Crippen LogP contribution is 2.21. The lowest BCUT2D eigenvalue weighted by atomic mass is 10.1. The van der Waals surface area contributed by atoms with E-state index in [1.165, 1.54) is 11.3 Å². The molecule has 0 unspecified atom stereocenters. The summed E-state index contributed by atoms with van der Waals surface area (Å²) in [5, 5.41) is 7.18. The molecule has 0 aliphatic carbocycles. The van der Waals surface area contributed by atoms with E-state index in [2.05, 4.69) is 27.2 Å². The van der Waals surface area contributed by atoms with Gasteiger partial charge in [-0.2, -0.15) is 5.10 Å². The number of carbonyl (C=O) groups excluding carboxylic acids is 1. The minimum absolute atomic E-state index is 0.231. The predicted octanol–water partition coefficient (Wildman–Crippen LogP) is 2.32. The third-order valence-electron chi connectivity index (χ3n) is 4.94. The maximum absolute atomic E-state index is 12.5. The van der Waals surface area contributed by atoms with Crippen LogP contribution in [0, 0.1) is 13.8 Å². The van der Waals surface area contributed by atoms with Crippen LogP contribution in [0.4, 0.5) is 5.69 Å². The lowest BCUT2D eigenvalue weighted by molar-refractivity contribution is -0.131. The van der Waals surface area contributed by atoms with E-state index in [0.717, 1.165) is 49.7 Å². The second-order valence-electron chi connectivity index (χ2n) is 6.48. The first kappa shape index (κ1) is 17.3. The third kappa shape index (κ3) is 3.95. The molecule has 1 amide bonds. The Hall–Kier alpha value is -2.50. The molecule has 0 atom stereocenters. The molecular formula is C19H26N4O2. The Bertz CT molecular complexity index is 696. The van der Waals surface area contributed by atoms with Crippen molar-refractivity contribution in [2.75, 3.05) is 38.2 Å². The first-order valence-corrected chi connectivity index (χ1v) is 8.75. The van der Waals surface area contributed by atoms with Crippen molar-refractivity contribution in [2.24, 2.45) is 0 Å². The molecule has 0 spiro atoms. The maximum atomic E-state index is 12.5. The molecule has 1 N–H and O–H groups in total. The van der Waals surface area contributed by atoms with Gasteiger partial charge in [-0.05, 0) is 50.1 Å². The summed E-state index contributed by atoms with van der Waals surface area (Å²) >= 11 is 0. The van der Waals surface area contributed by atoms with Gasteiger partial charge in [0.1, 0.15) is 5.75 Å². The summed E-state index contributed by atoms with van der Waals surface area (Å²) in [5.41, 5.74) is 4.41. The molecular weight excluding hydrogens is 316 g/mol. The van der Waals surface area contributed by atoms with Crippen LogP contribution < -0.4 is 9.64 Å². The molecule has 0 radical (unpaired) electrons. The first-order chi connectivity index (χ1) is 12.1. The van der Waals surface area contributed by atoms with Crippen LogP contribution in [0.2, 0.25) is 0 Å². The van der Waals surface area contributed by atoms with Crippen molar-refractivity contribution < 1.29 is 9.53 Å². The summed E-state index contributed by atoms with van der Waals surface area (Å²) in [5.74, 6) is 1.09. The van der Waals surface area contributed by atoms with Crippen LogP contribution in [0.3, 0.4) is 0 Å². The van der Waals surface area contributed by atoms with Crippen molar-refractivity contribution in [1.82, 2.24) is 15.1 Å². The van der Waals surface area contributed by atoms with Gasteiger partial charge >= 0.3 is 0 Å². The van der Waals surface area contributed by atoms with E-state index in [-0.39, 0.29) is 5.91 Å². The molecule has 25 heavy (non-hydrogen) atoms. The smallest absolute Gasteiger partial charge is 0.223 e. The number of aryl methyl sites for hydroxylation is 2. The van der Waals surface area contributed by atoms with Crippen LogP contribution in [0.15, 0.2) is 24.3 Å². The van der Waals surface area contributed by atoms with Crippen molar-refractivity contribution in [3.05, 3.63) is 41.2 Å². The topological polar surface area (TPSA) is 61.5 Å². The first-order valence-electron chi connectivity index (χ1n) is 8.75. The molecule has 1 aromatic heterocycles. The minimum atomic E-state index is 0.231. The molecule has 6 nitrogen and oxygen atoms in total. The van der Waals surface area contributed by atoms with Crippen LogP contribution in [-0.4, -0.2) is 54.3 Å². The lowest BCUT2D eigenvalue weighted by Crippen LogP contribution is -2.48. The molecule has 1 aliphatic heterocycles. The number of nitrogens with one attached hydrogen (secondary N) is 1. The number of nitrogens with zero attached hydrogens (tertiary/aromatic N) is 3. The second kappa shape index (κ2) is 7.59. The van der Waals surface area contributed by atoms with Crippen LogP contribution in [0.1, 0.15) is 23.4 Å². The van der Waals surface area contributed by atoms with E-state index in [4.69, 9.17) is 4.74 Å². The quantitative estimate of drug-likeness (QED) is 0.906. The van der Waals surface area contributed by atoms with Gasteiger partial charge in [0, 0.05) is 44.0 Å². The Morgan fingerprint density at radius 1 is 1.16 bits per heavy atom. The number of methoxy groups -OCH3 is 1. The Labute approximate surface area is 148 Å². The van der Waals surface area contributed by atoms with Gasteiger partial charge in [0.25, 0.3) is 0 Å². The average molecular weight is 342 g/mol. The van der Waals surface area contributed by atoms with E-state index in [1.807, 2.05) is 30.9 Å². The number of hydrogen-bond donors (Lipinski definition) is 1. The summed E-state index contributed by atoms with van der Waals surface area (Å²) in [6, 6.07) is 8.09. The molecule has 2 heterocycles. The van der Waals surface area contributed by atoms with Gasteiger partial charge < -0.3 is 14.5 Å². The van der Waals surface area contributed by atoms with Gasteiger partial charge in [0.2, 0.25) is 5.91 Å². The van der Waals surface area contributed by atoms with E-state index >= 15 is 0 Å². The van der Waals surface area contributed by atoms with E-state index in [0.29, 0.717) is 6.42 Å². The number of ether oxygens (including phenoxy) is 1. The summed E-state index contributed by atoms with van der Waals surface area (Å²) in [4.78, 5) is 16.8. The summed E-state index contributed by atoms with van der Waals surface area (Å²) < 4.78 is 5.20. The van der Waals surface area contributed by atoms with Gasteiger partial charge in [0.15, 0.2) is 0 Å². The van der Waals surface area contributed by atoms with Crippen LogP contribution in [-0.2, 0) is 11.2 Å². The van der Waals surface area contributed by atoms with Crippen LogP contribution >= 0.6 is 0 Å². The highest BCUT2D eigenvalue weighted by molar-refractivity contribution is 5.77. The Kier molecular flexibility index (Phi) is 5.26. The standard InChI is InChI=1S/C19H26N4O2/c1-14-18(15(2)21-20-14)8-9-19(24)23-12-10-22(11-13-23)16-4-6-17(25-3)7-5-16/h4-7H,8-13H2,1-3H3,(H,20,21). The number of piperazine rings is 1. The molecule has 2 aromatic rings. The lowest BCUT2D eigenvalue weighted by Gasteiger charge is -2.36. The van der Waals surface area contributed by atoms with Crippen molar-refractivity contribution in [3.8, 4) is 5.75 Å². The van der Waals surface area contributed by atoms with E-state index in [9.17, 15) is 4.79 Å². The van der Waals surface area contributed by atoms with Gasteiger partial charge in [0.05, 0.1) is 12.8 Å². The van der Waals surface area contributed by atoms with Crippen molar-refractivity contribution in [3.63, 3.8) is 0 Å². The number of aromatic nitrogens is 2. The van der Waals surface area contributed by atoms with Crippen LogP contribution in [0.5, 0.6) is 5.75 Å². The van der Waals surface area contributed by atoms with Crippen molar-refractivity contribution in [1.29, 1.82) is 0 Å². The number of carbonyl (C=O) groups is 1. The average Bonchev–Trinajstić information content (AvgIpc) is 2.98. The summed E-state index contributed by atoms with van der Waals surface area (Å²) in [6.45, 7) is 7.26. The number of aromatic amines is 1. The van der Waals surface area contributed by atoms with Gasteiger partial charge in [-0.1, -0.05) is 0 Å². The number of amides is 1. The fourth-order valence-corrected chi connectivity index (χ4v) is 3.34. The third-order valence-corrected chi connectivity index (χ3v) is 4.94. The number of anilines is 1. The zero-order chi connectivity index (χ0) is 17.8. The highest BCUT2D eigenvalue weighted by atomic mass is 16.5. The minimum Gasteiger partial charge on any atom is -0.497 e. The summed E-state index contributed by atoms with van der Waals surface area (Å²) in [7, 11) is 1.67. The molecule has 1 saturated heterocycles. The van der Waals surface area contributed by atoms with Crippen molar-refractivity contribution >= 4 is 11.6 Å². The molecule has 0 saturated carbocycles. The molecule has 1 fully saturated rings. The van der Waals surface area contributed by atoms with Crippen LogP contribution in [0.25, 0.3) is 0 Å². The summed E-state index contributed by atoms with van der Waals surface area (Å²) in [6.07, 6.45) is 1.30. The SMILES string of the molecule is COc1ccc(N2CCN(C(=O)CCc3c(C)n[nH]c3C)CC2)cc1. The highest BCUT2D eigenvalue weighted by Gasteiger charge is 2.21. The molecule has 3 rings (SSSR count). The van der Waals surface area contributed by atoms with Gasteiger partial charge in [-0.15, -0.1) is 0 Å². The Morgan fingerprint density at radius 3 is 2.40 bits per heavy atom. The molecule has 1 aliphatic rings. The Morgan fingerprint density at radius 2 is 1.84 bits per heavy atom. The Balaban J connectivity index is 1.50. The maximum Gasteiger partial charge on any atom is 0.223 e. The largest absolute Gasteiger partial charge is 0.497 e. The fraction of sp³-hybridized carbons (Fsp3) is 0.474.